The topological polar surface area (TPSA) is 95.6 Å². The van der Waals surface area contributed by atoms with Gasteiger partial charge in [0.15, 0.2) is 0 Å². The number of hydrogen-bond acceptors (Lipinski definition) is 6. The molecule has 2 aliphatic rings. The number of nitrogens with zero attached hydrogens (tertiary/aromatic N) is 3. The highest BCUT2D eigenvalue weighted by Gasteiger charge is 2.37. The first-order valence-electron chi connectivity index (χ1n) is 11.2. The van der Waals surface area contributed by atoms with Crippen LogP contribution in [0.5, 0.6) is 11.5 Å². The summed E-state index contributed by atoms with van der Waals surface area (Å²) in [6.45, 7) is 8.28. The van der Waals surface area contributed by atoms with Crippen LogP contribution in [-0.2, 0) is 4.74 Å². The Hall–Kier alpha value is -2.72. The van der Waals surface area contributed by atoms with Crippen LogP contribution in [0.4, 0.5) is 15.3 Å². The van der Waals surface area contributed by atoms with Gasteiger partial charge in [-0.3, -0.25) is 4.90 Å². The maximum absolute atomic E-state index is 12.8. The van der Waals surface area contributed by atoms with Crippen molar-refractivity contribution < 1.29 is 23.8 Å². The number of hydrogen-bond donors (Lipinski definition) is 2. The molecule has 2 aliphatic heterocycles. The molecule has 10 heteroatoms. The minimum absolute atomic E-state index is 0.00847. The Morgan fingerprint density at radius 3 is 2.59 bits per heavy atom. The van der Waals surface area contributed by atoms with E-state index < -0.39 is 0 Å². The Balaban J connectivity index is 1.56. The molecule has 0 saturated carbocycles. The molecule has 178 valence electrons. The van der Waals surface area contributed by atoms with Crippen molar-refractivity contribution in [2.75, 3.05) is 78.6 Å². The number of nitrogens with one attached hydrogen (secondary N) is 2. The summed E-state index contributed by atoms with van der Waals surface area (Å²) in [5.74, 6) is 1.19. The number of carbonyl (C=O) groups is 2. The highest BCUT2D eigenvalue weighted by Crippen LogP contribution is 2.29. The second kappa shape index (κ2) is 11.8. The van der Waals surface area contributed by atoms with Crippen LogP contribution >= 0.6 is 0 Å². The third-order valence-corrected chi connectivity index (χ3v) is 5.79. The van der Waals surface area contributed by atoms with Crippen LogP contribution in [0.15, 0.2) is 18.2 Å². The number of carbonyl (C=O) groups excluding carboxylic acids is 2. The van der Waals surface area contributed by atoms with Gasteiger partial charge >= 0.3 is 12.1 Å². The Labute approximate surface area is 189 Å². The Bertz CT molecular complexity index is 765. The van der Waals surface area contributed by atoms with Crippen molar-refractivity contribution in [3.63, 3.8) is 0 Å². The molecular weight excluding hydrogens is 414 g/mol. The molecule has 2 heterocycles. The van der Waals surface area contributed by atoms with Crippen molar-refractivity contribution in [2.45, 2.75) is 19.4 Å². The van der Waals surface area contributed by atoms with E-state index >= 15 is 0 Å². The van der Waals surface area contributed by atoms with E-state index in [1.165, 1.54) is 0 Å². The van der Waals surface area contributed by atoms with Gasteiger partial charge in [-0.05, 0) is 18.6 Å². The first-order valence-corrected chi connectivity index (χ1v) is 11.2. The molecule has 0 atom stereocenters. The number of urea groups is 2. The molecule has 0 spiro atoms. The second-order valence-electron chi connectivity index (χ2n) is 7.93. The summed E-state index contributed by atoms with van der Waals surface area (Å²) >= 11 is 0. The minimum Gasteiger partial charge on any atom is -0.497 e. The predicted molar refractivity (Wildman–Crippen MR) is 122 cm³/mol. The van der Waals surface area contributed by atoms with Crippen molar-refractivity contribution in [1.82, 2.24) is 20.0 Å². The number of likely N-dealkylation sites (tertiary alicyclic amines) is 1. The molecule has 0 radical (unpaired) electrons. The van der Waals surface area contributed by atoms with Gasteiger partial charge in [0.1, 0.15) is 11.5 Å². The van der Waals surface area contributed by atoms with Crippen LogP contribution in [0.3, 0.4) is 0 Å². The lowest BCUT2D eigenvalue weighted by atomic mass is 10.1. The number of benzene rings is 1. The lowest BCUT2D eigenvalue weighted by molar-refractivity contribution is 0.0266. The van der Waals surface area contributed by atoms with Crippen LogP contribution in [0.1, 0.15) is 13.3 Å². The lowest BCUT2D eigenvalue weighted by Gasteiger charge is -2.45. The van der Waals surface area contributed by atoms with Gasteiger partial charge in [0, 0.05) is 51.9 Å². The van der Waals surface area contributed by atoms with Gasteiger partial charge < -0.3 is 34.6 Å². The molecule has 0 aromatic heterocycles. The van der Waals surface area contributed by atoms with Crippen LogP contribution in [0, 0.1) is 0 Å². The summed E-state index contributed by atoms with van der Waals surface area (Å²) in [6.07, 6.45) is 0.880. The van der Waals surface area contributed by atoms with Crippen molar-refractivity contribution in [3.8, 4) is 11.5 Å². The number of methoxy groups -OCH3 is 2. The molecule has 1 aromatic carbocycles. The van der Waals surface area contributed by atoms with Crippen molar-refractivity contribution in [3.05, 3.63) is 18.2 Å². The number of morpholine rings is 1. The largest absolute Gasteiger partial charge is 0.497 e. The third-order valence-electron chi connectivity index (χ3n) is 5.79. The molecule has 0 unspecified atom stereocenters. The first-order chi connectivity index (χ1) is 15.5. The zero-order valence-corrected chi connectivity index (χ0v) is 19.3. The van der Waals surface area contributed by atoms with E-state index in [4.69, 9.17) is 14.2 Å². The van der Waals surface area contributed by atoms with E-state index in [1.807, 2.05) is 11.8 Å². The molecule has 2 fully saturated rings. The van der Waals surface area contributed by atoms with Crippen LogP contribution in [0.25, 0.3) is 0 Å². The van der Waals surface area contributed by atoms with E-state index in [0.717, 1.165) is 39.3 Å². The molecule has 0 aliphatic carbocycles. The van der Waals surface area contributed by atoms with Crippen LogP contribution in [-0.4, -0.2) is 106 Å². The Kier molecular flexibility index (Phi) is 8.81. The first kappa shape index (κ1) is 23.9. The van der Waals surface area contributed by atoms with Gasteiger partial charge in [-0.2, -0.15) is 0 Å². The van der Waals surface area contributed by atoms with Crippen LogP contribution in [0.2, 0.25) is 0 Å². The lowest BCUT2D eigenvalue weighted by Crippen LogP contribution is -2.65. The molecule has 1 aromatic rings. The molecule has 4 amide bonds. The zero-order valence-electron chi connectivity index (χ0n) is 19.3. The summed E-state index contributed by atoms with van der Waals surface area (Å²) in [5.41, 5.74) is 0.546. The summed E-state index contributed by atoms with van der Waals surface area (Å²) in [4.78, 5) is 31.4. The third kappa shape index (κ3) is 6.17. The average Bonchev–Trinajstić information content (AvgIpc) is 2.79. The molecule has 10 nitrogen and oxygen atoms in total. The Morgan fingerprint density at radius 2 is 1.94 bits per heavy atom. The van der Waals surface area contributed by atoms with Gasteiger partial charge in [0.2, 0.25) is 0 Å². The monoisotopic (exact) mass is 449 g/mol. The van der Waals surface area contributed by atoms with Gasteiger partial charge in [0.05, 0.1) is 39.2 Å². The van der Waals surface area contributed by atoms with E-state index in [0.29, 0.717) is 43.4 Å². The highest BCUT2D eigenvalue weighted by atomic mass is 16.5. The molecule has 3 rings (SSSR count). The average molecular weight is 450 g/mol. The molecular formula is C22H35N5O5. The highest BCUT2D eigenvalue weighted by molar-refractivity contribution is 5.92. The predicted octanol–water partition coefficient (Wildman–Crippen LogP) is 1.67. The molecule has 2 saturated heterocycles. The fourth-order valence-corrected chi connectivity index (χ4v) is 3.78. The van der Waals surface area contributed by atoms with Crippen molar-refractivity contribution >= 4 is 17.7 Å². The minimum atomic E-state index is -0.227. The van der Waals surface area contributed by atoms with Gasteiger partial charge in [-0.1, -0.05) is 6.92 Å². The maximum Gasteiger partial charge on any atom is 0.322 e. The molecule has 2 N–H and O–H groups in total. The summed E-state index contributed by atoms with van der Waals surface area (Å²) in [7, 11) is 3.13. The second-order valence-corrected chi connectivity index (χ2v) is 7.93. The SMILES string of the molecule is CCCNC(=O)N(CCN1CCOCC1)C1CN(C(=O)Nc2cc(OC)ccc2OC)C1. The number of rotatable bonds is 9. The molecule has 0 bridgehead atoms. The van der Waals surface area contributed by atoms with E-state index in [9.17, 15) is 9.59 Å². The van der Waals surface area contributed by atoms with Gasteiger partial charge in [-0.25, -0.2) is 9.59 Å². The quantitative estimate of drug-likeness (QED) is 0.596. The van der Waals surface area contributed by atoms with Crippen LogP contribution < -0.4 is 20.1 Å². The van der Waals surface area contributed by atoms with Crippen molar-refractivity contribution in [2.24, 2.45) is 0 Å². The van der Waals surface area contributed by atoms with Crippen molar-refractivity contribution in [1.29, 1.82) is 0 Å². The number of amides is 4. The standard InChI is InChI=1S/C22H35N5O5/c1-4-7-23-21(28)27(9-8-25-10-12-32-13-11-25)17-15-26(16-17)22(29)24-19-14-18(30-2)5-6-20(19)31-3/h5-6,14,17H,4,7-13,15-16H2,1-3H3,(H,23,28)(H,24,29). The summed E-state index contributed by atoms with van der Waals surface area (Å²) < 4.78 is 16.0. The summed E-state index contributed by atoms with van der Waals surface area (Å²) in [6, 6.07) is 4.94. The Morgan fingerprint density at radius 1 is 1.19 bits per heavy atom. The fraction of sp³-hybridized carbons (Fsp3) is 0.636. The van der Waals surface area contributed by atoms with E-state index in [1.54, 1.807) is 37.3 Å². The van der Waals surface area contributed by atoms with Gasteiger partial charge in [0.25, 0.3) is 0 Å². The normalized spacial score (nSPS) is 16.8. The number of anilines is 1. The zero-order chi connectivity index (χ0) is 22.9. The summed E-state index contributed by atoms with van der Waals surface area (Å²) in [5, 5.41) is 5.86. The maximum atomic E-state index is 12.8. The number of ether oxygens (including phenoxy) is 3. The molecule has 32 heavy (non-hydrogen) atoms. The fourth-order valence-electron chi connectivity index (χ4n) is 3.78. The van der Waals surface area contributed by atoms with E-state index in [-0.39, 0.29) is 18.1 Å². The van der Waals surface area contributed by atoms with E-state index in [2.05, 4.69) is 15.5 Å². The van der Waals surface area contributed by atoms with Gasteiger partial charge in [-0.15, -0.1) is 0 Å². The smallest absolute Gasteiger partial charge is 0.322 e.